The number of methoxy groups -OCH3 is 3. The Bertz CT molecular complexity index is 2500. The molecule has 0 N–H and O–H groups in total. The zero-order valence-corrected chi connectivity index (χ0v) is 31.6. The number of hydrogen-bond donors (Lipinski definition) is 0. The molecule has 1 fully saturated rings. The van der Waals surface area contributed by atoms with Crippen molar-refractivity contribution in [3.63, 3.8) is 0 Å². The number of rotatable bonds is 14. The Balaban J connectivity index is 1.33. The van der Waals surface area contributed by atoms with Crippen molar-refractivity contribution in [2.75, 3.05) is 21.3 Å². The van der Waals surface area contributed by atoms with Crippen molar-refractivity contribution < 1.29 is 22.6 Å². The average Bonchev–Trinajstić information content (AvgIpc) is 3.98. The number of fused-ring (bicyclic) bond motifs is 1. The summed E-state index contributed by atoms with van der Waals surface area (Å²) in [6, 6.07) is 36.3. The first kappa shape index (κ1) is 35.9. The fourth-order valence-corrected chi connectivity index (χ4v) is 8.79. The van der Waals surface area contributed by atoms with Crippen molar-refractivity contribution in [3.8, 4) is 39.8 Å². The van der Waals surface area contributed by atoms with Crippen LogP contribution in [0.15, 0.2) is 126 Å². The fraction of sp³-hybridized carbons (Fsp3) is 0.209. The molecule has 11 nitrogen and oxygen atoms in total. The topological polar surface area (TPSA) is 122 Å². The van der Waals surface area contributed by atoms with Crippen LogP contribution in [0.2, 0.25) is 0 Å². The molecule has 0 atom stereocenters. The Morgan fingerprint density at radius 3 is 1.87 bits per heavy atom. The van der Waals surface area contributed by atoms with Crippen LogP contribution in [-0.4, -0.2) is 59.2 Å². The van der Waals surface area contributed by atoms with E-state index in [2.05, 4.69) is 15.3 Å². The average molecular weight is 753 g/mol. The van der Waals surface area contributed by atoms with Gasteiger partial charge in [0.05, 0.1) is 43.8 Å². The lowest BCUT2D eigenvalue weighted by Gasteiger charge is -2.26. The highest BCUT2D eigenvalue weighted by molar-refractivity contribution is 7.89. The van der Waals surface area contributed by atoms with Crippen LogP contribution in [0.4, 0.5) is 0 Å². The van der Waals surface area contributed by atoms with Gasteiger partial charge >= 0.3 is 0 Å². The second-order valence-electron chi connectivity index (χ2n) is 13.5. The largest absolute Gasteiger partial charge is 0.497 e. The maximum absolute atomic E-state index is 15.7. The van der Waals surface area contributed by atoms with E-state index in [0.29, 0.717) is 29.2 Å². The van der Waals surface area contributed by atoms with E-state index in [1.54, 1.807) is 27.5 Å². The van der Waals surface area contributed by atoms with Crippen molar-refractivity contribution in [2.24, 2.45) is 0 Å². The van der Waals surface area contributed by atoms with E-state index in [9.17, 15) is 0 Å². The standard InChI is InChI=1S/C43H40N6O5S/c1-52-33-17-9-29(10-18-33)26-48(27-30-11-19-34(53-2)20-12-30)55(50,51)42-36(32-15-16-32)23-24-39(37-6-4-8-40-38(37)7-5-25-44-40)41(42)43-45-47-49(46-43)28-31-13-21-35(54-3)22-14-31/h4-14,17-25,32H,15-16,26-28H2,1-3H3. The lowest BCUT2D eigenvalue weighted by molar-refractivity contribution is 0.397. The highest BCUT2D eigenvalue weighted by Gasteiger charge is 2.38. The number of ether oxygens (including phenoxy) is 3. The number of pyridine rings is 1. The first-order chi connectivity index (χ1) is 26.8. The van der Waals surface area contributed by atoms with Crippen LogP contribution in [0.1, 0.15) is 41.0 Å². The molecule has 1 saturated carbocycles. The van der Waals surface area contributed by atoms with Gasteiger partial charge in [-0.25, -0.2) is 8.42 Å². The summed E-state index contributed by atoms with van der Waals surface area (Å²) in [7, 11) is 0.581. The summed E-state index contributed by atoms with van der Waals surface area (Å²) in [6.07, 6.45) is 3.52. The van der Waals surface area contributed by atoms with Crippen LogP contribution in [0, 0.1) is 0 Å². The van der Waals surface area contributed by atoms with Gasteiger partial charge in [-0.1, -0.05) is 66.7 Å². The molecule has 1 aliphatic rings. The Morgan fingerprint density at radius 1 is 0.691 bits per heavy atom. The smallest absolute Gasteiger partial charge is 0.244 e. The van der Waals surface area contributed by atoms with Crippen LogP contribution in [0.3, 0.4) is 0 Å². The van der Waals surface area contributed by atoms with Gasteiger partial charge in [0.25, 0.3) is 0 Å². The normalized spacial score (nSPS) is 12.9. The van der Waals surface area contributed by atoms with E-state index < -0.39 is 10.0 Å². The van der Waals surface area contributed by atoms with Crippen LogP contribution < -0.4 is 14.2 Å². The van der Waals surface area contributed by atoms with Gasteiger partial charge in [0.1, 0.15) is 17.2 Å². The number of benzene rings is 5. The molecule has 2 aromatic heterocycles. The predicted octanol–water partition coefficient (Wildman–Crippen LogP) is 7.90. The summed E-state index contributed by atoms with van der Waals surface area (Å²) in [5, 5.41) is 14.8. The maximum Gasteiger partial charge on any atom is 0.244 e. The molecule has 55 heavy (non-hydrogen) atoms. The summed E-state index contributed by atoms with van der Waals surface area (Å²) in [4.78, 5) is 6.30. The third kappa shape index (κ3) is 7.51. The van der Waals surface area contributed by atoms with Gasteiger partial charge in [0.15, 0.2) is 0 Å². The van der Waals surface area contributed by atoms with Gasteiger partial charge < -0.3 is 14.2 Å². The van der Waals surface area contributed by atoms with Crippen LogP contribution in [0.5, 0.6) is 17.2 Å². The molecule has 0 unspecified atom stereocenters. The lowest BCUT2D eigenvalue weighted by atomic mass is 9.93. The molecule has 7 aromatic rings. The fourth-order valence-electron chi connectivity index (χ4n) is 6.91. The molecule has 0 spiro atoms. The van der Waals surface area contributed by atoms with E-state index in [-0.39, 0.29) is 29.7 Å². The predicted molar refractivity (Wildman–Crippen MR) is 210 cm³/mol. The number of hydrogen-bond acceptors (Lipinski definition) is 9. The van der Waals surface area contributed by atoms with E-state index in [1.165, 1.54) is 9.10 Å². The highest BCUT2D eigenvalue weighted by Crippen LogP contribution is 2.49. The lowest BCUT2D eigenvalue weighted by Crippen LogP contribution is -2.31. The Hall–Kier alpha value is -6.11. The number of aromatic nitrogens is 5. The molecule has 8 rings (SSSR count). The zero-order valence-electron chi connectivity index (χ0n) is 30.8. The first-order valence-electron chi connectivity index (χ1n) is 18.0. The summed E-state index contributed by atoms with van der Waals surface area (Å²) >= 11 is 0. The molecule has 1 aliphatic carbocycles. The summed E-state index contributed by atoms with van der Waals surface area (Å²) in [5.41, 5.74) is 6.02. The minimum Gasteiger partial charge on any atom is -0.497 e. The van der Waals surface area contributed by atoms with Crippen molar-refractivity contribution in [1.82, 2.24) is 29.5 Å². The van der Waals surface area contributed by atoms with E-state index in [4.69, 9.17) is 19.3 Å². The summed E-state index contributed by atoms with van der Waals surface area (Å²) < 4.78 is 49.1. The monoisotopic (exact) mass is 752 g/mol. The molecule has 0 saturated heterocycles. The molecule has 0 amide bonds. The number of nitrogens with zero attached hydrogens (tertiary/aromatic N) is 6. The van der Waals surface area contributed by atoms with Crippen LogP contribution in [0.25, 0.3) is 33.4 Å². The van der Waals surface area contributed by atoms with Crippen molar-refractivity contribution in [1.29, 1.82) is 0 Å². The minimum atomic E-state index is -4.26. The Kier molecular flexibility index (Phi) is 10.0. The molecule has 0 radical (unpaired) electrons. The number of tetrazole rings is 1. The SMILES string of the molecule is COc1ccc(CN(Cc2ccc(OC)cc2)S(=O)(=O)c2c(C3CC3)ccc(-c3cccc4ncccc34)c2-c2nnn(Cc3ccc(OC)cc3)n2)cc1. The van der Waals surface area contributed by atoms with Gasteiger partial charge in [-0.2, -0.15) is 9.10 Å². The number of sulfonamides is 1. The molecule has 2 heterocycles. The van der Waals surface area contributed by atoms with Crippen molar-refractivity contribution >= 4 is 20.9 Å². The first-order valence-corrected chi connectivity index (χ1v) is 19.5. The molecular formula is C43H40N6O5S. The summed E-state index contributed by atoms with van der Waals surface area (Å²) in [5.74, 6) is 2.41. The Morgan fingerprint density at radius 2 is 1.29 bits per heavy atom. The molecule has 0 bridgehead atoms. The van der Waals surface area contributed by atoms with Crippen LogP contribution >= 0.6 is 0 Å². The van der Waals surface area contributed by atoms with Gasteiger partial charge in [-0.05, 0) is 106 Å². The van der Waals surface area contributed by atoms with Crippen molar-refractivity contribution in [3.05, 3.63) is 144 Å². The molecule has 0 aliphatic heterocycles. The van der Waals surface area contributed by atoms with Gasteiger partial charge in [0, 0.05) is 24.7 Å². The molecule has 12 heteroatoms. The minimum absolute atomic E-state index is 0.0740. The zero-order chi connectivity index (χ0) is 37.9. The van der Waals surface area contributed by atoms with Crippen LogP contribution in [-0.2, 0) is 29.7 Å². The van der Waals surface area contributed by atoms with Gasteiger partial charge in [-0.15, -0.1) is 10.2 Å². The third-order valence-corrected chi connectivity index (χ3v) is 11.8. The molecular weight excluding hydrogens is 713 g/mol. The highest BCUT2D eigenvalue weighted by atomic mass is 32.2. The molecule has 5 aromatic carbocycles. The van der Waals surface area contributed by atoms with E-state index in [0.717, 1.165) is 57.3 Å². The van der Waals surface area contributed by atoms with Gasteiger partial charge in [-0.3, -0.25) is 4.98 Å². The van der Waals surface area contributed by atoms with E-state index in [1.807, 2.05) is 115 Å². The maximum atomic E-state index is 15.7. The van der Waals surface area contributed by atoms with Crippen molar-refractivity contribution in [2.45, 2.75) is 43.3 Å². The third-order valence-electron chi connectivity index (χ3n) is 9.93. The Labute approximate surface area is 320 Å². The molecule has 278 valence electrons. The quantitative estimate of drug-likeness (QED) is 0.109. The van der Waals surface area contributed by atoms with Gasteiger partial charge in [0.2, 0.25) is 15.8 Å². The summed E-state index contributed by atoms with van der Waals surface area (Å²) in [6.45, 7) is 0.555. The second-order valence-corrected chi connectivity index (χ2v) is 15.4. The van der Waals surface area contributed by atoms with E-state index >= 15 is 8.42 Å². The second kappa shape index (κ2) is 15.3.